The van der Waals surface area contributed by atoms with Gasteiger partial charge < -0.3 is 15.2 Å². The largest absolute Gasteiger partial charge is 0.478 e. The first-order valence-electron chi connectivity index (χ1n) is 12.5. The standard InChI is InChI=1S/C27H40N2O3/c1-18-11-12-25(19(2)26(18)27(30)31)29-15-16-32-22(17-29)13-14-28-20(3)23-10-6-8-21-7-4-5-9-24(21)23/h4,7-8,11,20,22-25,28H,5-6,9-10,12-17H2,1-3H3,(H,30,31)/t20-,22?,23?,24?,25?/m1/s1. The third-order valence-corrected chi connectivity index (χ3v) is 8.12. The molecule has 5 nitrogen and oxygen atoms in total. The number of nitrogens with zero attached hydrogens (tertiary/aromatic N) is 1. The van der Waals surface area contributed by atoms with Gasteiger partial charge in [0.1, 0.15) is 0 Å². The van der Waals surface area contributed by atoms with Gasteiger partial charge in [0, 0.05) is 25.2 Å². The number of carbonyl (C=O) groups is 1. The highest BCUT2D eigenvalue weighted by Crippen LogP contribution is 2.39. The first-order valence-corrected chi connectivity index (χ1v) is 12.5. The molecule has 4 aliphatic rings. The number of carboxylic acids is 1. The molecule has 176 valence electrons. The van der Waals surface area contributed by atoms with E-state index in [-0.39, 0.29) is 12.1 Å². The Balaban J connectivity index is 1.28. The van der Waals surface area contributed by atoms with E-state index in [9.17, 15) is 9.90 Å². The van der Waals surface area contributed by atoms with Crippen LogP contribution in [0.2, 0.25) is 0 Å². The second-order valence-electron chi connectivity index (χ2n) is 10.1. The first kappa shape index (κ1) is 23.5. The number of aliphatic carboxylic acids is 1. The average molecular weight is 441 g/mol. The Kier molecular flexibility index (Phi) is 7.70. The molecule has 5 heteroatoms. The Hall–Kier alpha value is -1.69. The molecule has 0 spiro atoms. The highest BCUT2D eigenvalue weighted by molar-refractivity contribution is 5.93. The van der Waals surface area contributed by atoms with E-state index in [1.54, 1.807) is 5.57 Å². The van der Waals surface area contributed by atoms with Gasteiger partial charge in [-0.2, -0.15) is 0 Å². The van der Waals surface area contributed by atoms with Crippen LogP contribution in [0.3, 0.4) is 0 Å². The summed E-state index contributed by atoms with van der Waals surface area (Å²) in [6.45, 7) is 9.70. The average Bonchev–Trinajstić information content (AvgIpc) is 2.78. The lowest BCUT2D eigenvalue weighted by Gasteiger charge is -2.40. The molecule has 1 fully saturated rings. The maximum atomic E-state index is 11.7. The van der Waals surface area contributed by atoms with Crippen molar-refractivity contribution in [1.82, 2.24) is 10.2 Å². The summed E-state index contributed by atoms with van der Waals surface area (Å²) >= 11 is 0. The molecular weight excluding hydrogens is 400 g/mol. The van der Waals surface area contributed by atoms with E-state index in [2.05, 4.69) is 41.4 Å². The van der Waals surface area contributed by atoms with Crippen LogP contribution in [-0.4, -0.2) is 60.4 Å². The van der Waals surface area contributed by atoms with Crippen LogP contribution in [0.1, 0.15) is 59.3 Å². The van der Waals surface area contributed by atoms with Gasteiger partial charge in [0.05, 0.1) is 18.3 Å². The van der Waals surface area contributed by atoms with Gasteiger partial charge in [-0.1, -0.05) is 24.3 Å². The highest BCUT2D eigenvalue weighted by Gasteiger charge is 2.33. The number of allylic oxidation sites excluding steroid dienone is 4. The molecule has 32 heavy (non-hydrogen) atoms. The lowest BCUT2D eigenvalue weighted by molar-refractivity contribution is -0.132. The van der Waals surface area contributed by atoms with Crippen LogP contribution in [0.5, 0.6) is 0 Å². The van der Waals surface area contributed by atoms with Crippen molar-refractivity contribution in [2.75, 3.05) is 26.2 Å². The normalized spacial score (nSPS) is 32.2. The minimum atomic E-state index is -0.807. The number of hydrogen-bond acceptors (Lipinski definition) is 4. The summed E-state index contributed by atoms with van der Waals surface area (Å²) in [7, 11) is 0. The fourth-order valence-corrected chi connectivity index (χ4v) is 6.34. The van der Waals surface area contributed by atoms with Crippen molar-refractivity contribution in [2.45, 2.75) is 77.5 Å². The Morgan fingerprint density at radius 1 is 1.28 bits per heavy atom. The van der Waals surface area contributed by atoms with Crippen molar-refractivity contribution >= 4 is 5.97 Å². The number of nitrogens with one attached hydrogen (secondary N) is 1. The zero-order valence-corrected chi connectivity index (χ0v) is 20.0. The molecule has 0 radical (unpaired) electrons. The molecule has 3 aliphatic carbocycles. The van der Waals surface area contributed by atoms with Crippen LogP contribution < -0.4 is 5.32 Å². The van der Waals surface area contributed by atoms with Crippen LogP contribution in [0.15, 0.2) is 46.6 Å². The minimum absolute atomic E-state index is 0.176. The van der Waals surface area contributed by atoms with Crippen molar-refractivity contribution in [2.24, 2.45) is 11.8 Å². The summed E-state index contributed by atoms with van der Waals surface area (Å²) in [5, 5.41) is 13.5. The molecule has 4 unspecified atom stereocenters. The molecule has 1 aliphatic heterocycles. The Morgan fingerprint density at radius 2 is 2.12 bits per heavy atom. The van der Waals surface area contributed by atoms with E-state index >= 15 is 0 Å². The first-order chi connectivity index (χ1) is 15.5. The lowest BCUT2D eigenvalue weighted by atomic mass is 9.71. The van der Waals surface area contributed by atoms with Gasteiger partial charge in [-0.15, -0.1) is 0 Å². The van der Waals surface area contributed by atoms with Gasteiger partial charge >= 0.3 is 5.97 Å². The van der Waals surface area contributed by atoms with Crippen molar-refractivity contribution in [3.63, 3.8) is 0 Å². The SMILES string of the molecule is CC1=CCC(N2CCOC(CCN[C@H](C)C3CCC=C4C=CCCC43)C2)C(C)=C1C(=O)O. The smallest absolute Gasteiger partial charge is 0.335 e. The zero-order valence-electron chi connectivity index (χ0n) is 20.0. The van der Waals surface area contributed by atoms with E-state index in [4.69, 9.17) is 4.74 Å². The van der Waals surface area contributed by atoms with E-state index in [0.29, 0.717) is 11.6 Å². The molecule has 0 amide bonds. The van der Waals surface area contributed by atoms with Crippen molar-refractivity contribution in [3.8, 4) is 0 Å². The molecule has 2 N–H and O–H groups in total. The molecule has 0 aromatic rings. The van der Waals surface area contributed by atoms with Gasteiger partial charge in [-0.3, -0.25) is 4.90 Å². The number of carboxylic acid groups (broad SMARTS) is 1. The Labute approximate surface area is 193 Å². The summed E-state index contributed by atoms with van der Waals surface area (Å²) < 4.78 is 6.10. The summed E-state index contributed by atoms with van der Waals surface area (Å²) in [4.78, 5) is 14.2. The van der Waals surface area contributed by atoms with Gasteiger partial charge in [-0.25, -0.2) is 4.79 Å². The number of rotatable bonds is 7. The zero-order chi connectivity index (χ0) is 22.7. The Bertz CT molecular complexity index is 825. The van der Waals surface area contributed by atoms with E-state index in [1.165, 1.54) is 25.7 Å². The van der Waals surface area contributed by atoms with Crippen LogP contribution in [0.4, 0.5) is 0 Å². The van der Waals surface area contributed by atoms with E-state index in [0.717, 1.165) is 62.1 Å². The predicted octanol–water partition coefficient (Wildman–Crippen LogP) is 4.48. The quantitative estimate of drug-likeness (QED) is 0.611. The van der Waals surface area contributed by atoms with E-state index < -0.39 is 5.97 Å². The molecule has 0 bridgehead atoms. The molecule has 4 rings (SSSR count). The van der Waals surface area contributed by atoms with Crippen LogP contribution >= 0.6 is 0 Å². The monoisotopic (exact) mass is 440 g/mol. The number of morpholine rings is 1. The van der Waals surface area contributed by atoms with Gasteiger partial charge in [-0.05, 0) is 94.4 Å². The lowest BCUT2D eigenvalue weighted by Crippen LogP contribution is -2.50. The second-order valence-corrected chi connectivity index (χ2v) is 10.1. The number of fused-ring (bicyclic) bond motifs is 1. The molecular formula is C27H40N2O3. The third-order valence-electron chi connectivity index (χ3n) is 8.12. The maximum absolute atomic E-state index is 11.7. The summed E-state index contributed by atoms with van der Waals surface area (Å²) in [5.74, 6) is 0.639. The highest BCUT2D eigenvalue weighted by atomic mass is 16.5. The molecule has 0 aromatic carbocycles. The second kappa shape index (κ2) is 10.5. The predicted molar refractivity (Wildman–Crippen MR) is 129 cm³/mol. The fraction of sp³-hybridized carbons (Fsp3) is 0.667. The molecule has 1 heterocycles. The van der Waals surface area contributed by atoms with Crippen molar-refractivity contribution < 1.29 is 14.6 Å². The maximum Gasteiger partial charge on any atom is 0.335 e. The Morgan fingerprint density at radius 3 is 2.94 bits per heavy atom. The van der Waals surface area contributed by atoms with Crippen molar-refractivity contribution in [3.05, 3.63) is 46.6 Å². The van der Waals surface area contributed by atoms with Crippen LogP contribution in [-0.2, 0) is 9.53 Å². The molecule has 1 saturated heterocycles. The number of ether oxygens (including phenoxy) is 1. The van der Waals surface area contributed by atoms with Gasteiger partial charge in [0.2, 0.25) is 0 Å². The molecule has 0 aromatic heterocycles. The van der Waals surface area contributed by atoms with Crippen LogP contribution in [0.25, 0.3) is 0 Å². The van der Waals surface area contributed by atoms with Gasteiger partial charge in [0.25, 0.3) is 0 Å². The molecule has 0 saturated carbocycles. The summed E-state index contributed by atoms with van der Waals surface area (Å²) in [6, 6.07) is 0.694. The minimum Gasteiger partial charge on any atom is -0.478 e. The van der Waals surface area contributed by atoms with E-state index in [1.807, 2.05) is 13.8 Å². The topological polar surface area (TPSA) is 61.8 Å². The summed E-state index contributed by atoms with van der Waals surface area (Å²) in [5.41, 5.74) is 3.95. The van der Waals surface area contributed by atoms with Crippen LogP contribution in [0, 0.1) is 11.8 Å². The van der Waals surface area contributed by atoms with Gasteiger partial charge in [0.15, 0.2) is 0 Å². The van der Waals surface area contributed by atoms with Crippen molar-refractivity contribution in [1.29, 1.82) is 0 Å². The third kappa shape index (κ3) is 5.11. The summed E-state index contributed by atoms with van der Waals surface area (Å²) in [6.07, 6.45) is 16.3. The molecule has 5 atom stereocenters. The fourth-order valence-electron chi connectivity index (χ4n) is 6.34. The number of hydrogen-bond donors (Lipinski definition) is 2.